The van der Waals surface area contributed by atoms with E-state index >= 15 is 0 Å². The highest BCUT2D eigenvalue weighted by molar-refractivity contribution is 5.81. The highest BCUT2D eigenvalue weighted by atomic mass is 16.5. The first-order valence-corrected chi connectivity index (χ1v) is 7.46. The third-order valence-corrected chi connectivity index (χ3v) is 3.31. The Hall–Kier alpha value is -2.70. The topological polar surface area (TPSA) is 99.1 Å². The Balaban J connectivity index is 4.89. The molecular formula is C17H26N2O5. The molecule has 24 heavy (non-hydrogen) atoms. The lowest BCUT2D eigenvalue weighted by Gasteiger charge is -2.21. The summed E-state index contributed by atoms with van der Waals surface area (Å²) < 4.78 is 4.85. The summed E-state index contributed by atoms with van der Waals surface area (Å²) in [5.41, 5.74) is 0.489. The molecule has 0 aliphatic carbocycles. The Labute approximate surface area is 142 Å². The second kappa shape index (κ2) is 11.8. The number of aliphatic hydroxyl groups excluding tert-OH is 1. The standard InChI is InChI=1S/C17H26N2O5/c1-13(17(23)18-2)9-10-19(3)14(11-16(21)22)7-5-6-8-15(12-20)24-4/h5-8,11-13,20H,9-10H2,1-4H3,(H,18,23)(H,21,22)/b7-5-,8-6+,14-11-,15-12?. The minimum absolute atomic E-state index is 0.0477. The fourth-order valence-electron chi connectivity index (χ4n) is 1.77. The summed E-state index contributed by atoms with van der Waals surface area (Å²) in [7, 11) is 4.77. The van der Waals surface area contributed by atoms with Crippen LogP contribution in [0.25, 0.3) is 0 Å². The number of nitrogens with zero attached hydrogens (tertiary/aromatic N) is 1. The van der Waals surface area contributed by atoms with Crippen LogP contribution in [0, 0.1) is 5.92 Å². The second-order valence-corrected chi connectivity index (χ2v) is 5.09. The first-order valence-electron chi connectivity index (χ1n) is 7.46. The number of carbonyl (C=O) groups is 2. The van der Waals surface area contributed by atoms with E-state index in [-0.39, 0.29) is 17.6 Å². The van der Waals surface area contributed by atoms with Crippen LogP contribution in [-0.4, -0.2) is 54.7 Å². The van der Waals surface area contributed by atoms with Crippen LogP contribution in [-0.2, 0) is 14.3 Å². The maximum atomic E-state index is 11.5. The number of aliphatic carboxylic acids is 1. The summed E-state index contributed by atoms with van der Waals surface area (Å²) in [6.45, 7) is 2.35. The number of carbonyl (C=O) groups excluding carboxylic acids is 1. The van der Waals surface area contributed by atoms with Gasteiger partial charge >= 0.3 is 5.97 Å². The summed E-state index contributed by atoms with van der Waals surface area (Å²) in [6, 6.07) is 0. The molecule has 0 aliphatic rings. The van der Waals surface area contributed by atoms with Crippen molar-refractivity contribution in [3.05, 3.63) is 48.1 Å². The fraction of sp³-hybridized carbons (Fsp3) is 0.412. The molecule has 0 bridgehead atoms. The molecule has 3 N–H and O–H groups in total. The SMILES string of the molecule is CNC(=O)C(C)CCN(C)C(/C=C\C=C\C(=CO)OC)=C\C(=O)O. The van der Waals surface area contributed by atoms with Gasteiger partial charge in [-0.2, -0.15) is 0 Å². The average Bonchev–Trinajstić information content (AvgIpc) is 2.57. The van der Waals surface area contributed by atoms with Crippen molar-refractivity contribution in [3.63, 3.8) is 0 Å². The number of methoxy groups -OCH3 is 1. The third-order valence-electron chi connectivity index (χ3n) is 3.31. The largest absolute Gasteiger partial charge is 0.512 e. The molecule has 0 aromatic carbocycles. The Morgan fingerprint density at radius 1 is 1.29 bits per heavy atom. The van der Waals surface area contributed by atoms with Crippen LogP contribution in [0.1, 0.15) is 13.3 Å². The molecule has 0 heterocycles. The van der Waals surface area contributed by atoms with Gasteiger partial charge in [0.15, 0.2) is 5.76 Å². The molecule has 7 nitrogen and oxygen atoms in total. The molecule has 0 spiro atoms. The van der Waals surface area contributed by atoms with Crippen LogP contribution < -0.4 is 5.32 Å². The van der Waals surface area contributed by atoms with E-state index in [0.29, 0.717) is 18.7 Å². The highest BCUT2D eigenvalue weighted by Gasteiger charge is 2.12. The van der Waals surface area contributed by atoms with Crippen molar-refractivity contribution in [3.8, 4) is 0 Å². The molecule has 0 saturated heterocycles. The summed E-state index contributed by atoms with van der Waals surface area (Å²) in [4.78, 5) is 24.2. The van der Waals surface area contributed by atoms with Gasteiger partial charge in [0.25, 0.3) is 0 Å². The predicted molar refractivity (Wildman–Crippen MR) is 92.2 cm³/mol. The maximum Gasteiger partial charge on any atom is 0.330 e. The zero-order chi connectivity index (χ0) is 18.5. The Morgan fingerprint density at radius 2 is 1.92 bits per heavy atom. The molecule has 0 rings (SSSR count). The molecule has 7 heteroatoms. The summed E-state index contributed by atoms with van der Waals surface area (Å²) in [5, 5.41) is 20.4. The number of nitrogens with one attached hydrogen (secondary N) is 1. The molecule has 1 amide bonds. The second-order valence-electron chi connectivity index (χ2n) is 5.09. The van der Waals surface area contributed by atoms with Crippen molar-refractivity contribution in [2.75, 3.05) is 27.7 Å². The van der Waals surface area contributed by atoms with Crippen LogP contribution in [0.3, 0.4) is 0 Å². The first-order chi connectivity index (χ1) is 11.3. The molecule has 0 fully saturated rings. The van der Waals surface area contributed by atoms with E-state index in [0.717, 1.165) is 12.3 Å². The quantitative estimate of drug-likeness (QED) is 0.319. The van der Waals surface area contributed by atoms with E-state index < -0.39 is 5.97 Å². The Kier molecular flexibility index (Phi) is 10.5. The van der Waals surface area contributed by atoms with Crippen molar-refractivity contribution >= 4 is 11.9 Å². The van der Waals surface area contributed by atoms with E-state index in [1.165, 1.54) is 13.2 Å². The molecule has 0 aliphatic heterocycles. The zero-order valence-electron chi connectivity index (χ0n) is 14.5. The number of hydrogen-bond donors (Lipinski definition) is 3. The van der Waals surface area contributed by atoms with E-state index in [2.05, 4.69) is 5.32 Å². The zero-order valence-corrected chi connectivity index (χ0v) is 14.5. The van der Waals surface area contributed by atoms with Crippen LogP contribution >= 0.6 is 0 Å². The lowest BCUT2D eigenvalue weighted by molar-refractivity contribution is -0.131. The van der Waals surface area contributed by atoms with Crippen molar-refractivity contribution in [1.29, 1.82) is 0 Å². The molecular weight excluding hydrogens is 312 g/mol. The average molecular weight is 338 g/mol. The van der Waals surface area contributed by atoms with Gasteiger partial charge in [-0.1, -0.05) is 19.1 Å². The highest BCUT2D eigenvalue weighted by Crippen LogP contribution is 2.09. The minimum Gasteiger partial charge on any atom is -0.512 e. The van der Waals surface area contributed by atoms with Gasteiger partial charge in [0.05, 0.1) is 7.11 Å². The normalized spacial score (nSPS) is 14.0. The number of carboxylic acid groups (broad SMARTS) is 1. The maximum absolute atomic E-state index is 11.5. The summed E-state index contributed by atoms with van der Waals surface area (Å²) in [6.07, 6.45) is 8.91. The van der Waals surface area contributed by atoms with Gasteiger partial charge in [0.2, 0.25) is 5.91 Å². The van der Waals surface area contributed by atoms with E-state index in [4.69, 9.17) is 14.9 Å². The molecule has 0 radical (unpaired) electrons. The van der Waals surface area contributed by atoms with Gasteiger partial charge in [-0.3, -0.25) is 4.79 Å². The predicted octanol–water partition coefficient (Wildman–Crippen LogP) is 1.82. The van der Waals surface area contributed by atoms with Crippen molar-refractivity contribution in [2.45, 2.75) is 13.3 Å². The van der Waals surface area contributed by atoms with E-state index in [1.54, 1.807) is 37.2 Å². The first kappa shape index (κ1) is 21.3. The number of rotatable bonds is 10. The minimum atomic E-state index is -1.06. The monoisotopic (exact) mass is 338 g/mol. The van der Waals surface area contributed by atoms with Crippen molar-refractivity contribution < 1.29 is 24.5 Å². The van der Waals surface area contributed by atoms with Crippen molar-refractivity contribution in [1.82, 2.24) is 10.2 Å². The molecule has 134 valence electrons. The summed E-state index contributed by atoms with van der Waals surface area (Å²) in [5.74, 6) is -0.992. The lowest BCUT2D eigenvalue weighted by Crippen LogP contribution is -2.29. The summed E-state index contributed by atoms with van der Waals surface area (Å²) >= 11 is 0. The van der Waals surface area contributed by atoms with Crippen molar-refractivity contribution in [2.24, 2.45) is 5.92 Å². The number of amides is 1. The molecule has 1 unspecified atom stereocenters. The molecule has 0 aromatic rings. The van der Waals surface area contributed by atoms with Gasteiger partial charge in [-0.15, -0.1) is 0 Å². The number of allylic oxidation sites excluding steroid dienone is 4. The fourth-order valence-corrected chi connectivity index (χ4v) is 1.77. The van der Waals surface area contributed by atoms with E-state index in [9.17, 15) is 9.59 Å². The number of carboxylic acids is 1. The van der Waals surface area contributed by atoms with Gasteiger partial charge < -0.3 is 25.2 Å². The number of ether oxygens (including phenoxy) is 1. The van der Waals surface area contributed by atoms with Gasteiger partial charge in [0, 0.05) is 38.3 Å². The number of likely N-dealkylation sites (N-methyl/N-ethyl adjacent to an activating group) is 1. The Morgan fingerprint density at radius 3 is 2.42 bits per heavy atom. The smallest absolute Gasteiger partial charge is 0.330 e. The number of hydrogen-bond acceptors (Lipinski definition) is 5. The number of aliphatic hydroxyl groups is 1. The molecule has 0 saturated carbocycles. The molecule has 1 atom stereocenters. The van der Waals surface area contributed by atoms with Crippen LogP contribution in [0.4, 0.5) is 0 Å². The van der Waals surface area contributed by atoms with Gasteiger partial charge in [-0.25, -0.2) is 4.79 Å². The van der Waals surface area contributed by atoms with Crippen LogP contribution in [0.15, 0.2) is 48.1 Å². The van der Waals surface area contributed by atoms with E-state index in [1.807, 2.05) is 6.92 Å². The third kappa shape index (κ3) is 8.67. The van der Waals surface area contributed by atoms with Gasteiger partial charge in [-0.05, 0) is 18.6 Å². The lowest BCUT2D eigenvalue weighted by atomic mass is 10.1. The Bertz CT molecular complexity index is 535. The van der Waals surface area contributed by atoms with Crippen LogP contribution in [0.2, 0.25) is 0 Å². The molecule has 0 aromatic heterocycles. The van der Waals surface area contributed by atoms with Gasteiger partial charge in [0.1, 0.15) is 6.26 Å². The van der Waals surface area contributed by atoms with Crippen LogP contribution in [0.5, 0.6) is 0 Å².